The van der Waals surface area contributed by atoms with E-state index in [2.05, 4.69) is 32.2 Å². The van der Waals surface area contributed by atoms with E-state index in [0.717, 1.165) is 6.54 Å². The van der Waals surface area contributed by atoms with E-state index in [1.165, 1.54) is 25.7 Å². The van der Waals surface area contributed by atoms with Crippen molar-refractivity contribution in [1.29, 1.82) is 0 Å². The van der Waals surface area contributed by atoms with Crippen LogP contribution in [0, 0.1) is 5.41 Å². The van der Waals surface area contributed by atoms with Crippen molar-refractivity contribution in [3.05, 3.63) is 24.0 Å². The number of imidazole rings is 1. The lowest BCUT2D eigenvalue weighted by atomic mass is 9.89. The molecule has 0 aromatic carbocycles. The fourth-order valence-corrected chi connectivity index (χ4v) is 2.76. The molecule has 2 aromatic rings. The third-order valence-corrected chi connectivity index (χ3v) is 3.98. The molecule has 0 unspecified atom stereocenters. The van der Waals surface area contributed by atoms with Crippen molar-refractivity contribution >= 4 is 17.5 Å². The second-order valence-corrected chi connectivity index (χ2v) is 5.91. The Balaban J connectivity index is 1.76. The molecule has 0 aliphatic heterocycles. The van der Waals surface area contributed by atoms with Crippen molar-refractivity contribution < 1.29 is 0 Å². The Bertz CT molecular complexity index is 577. The monoisotopic (exact) mass is 292 g/mol. The SMILES string of the molecule is CC1(CNc2nc(Cl)nc(-n3ccnc3)n2)CCCC1. The van der Waals surface area contributed by atoms with Crippen LogP contribution in [-0.2, 0) is 0 Å². The molecule has 106 valence electrons. The molecule has 3 rings (SSSR count). The number of hydrogen-bond acceptors (Lipinski definition) is 5. The third-order valence-electron chi connectivity index (χ3n) is 3.82. The maximum absolute atomic E-state index is 5.96. The number of nitrogens with one attached hydrogen (secondary N) is 1. The zero-order chi connectivity index (χ0) is 14.0. The van der Waals surface area contributed by atoms with Gasteiger partial charge in [-0.05, 0) is 29.9 Å². The highest BCUT2D eigenvalue weighted by molar-refractivity contribution is 6.28. The van der Waals surface area contributed by atoms with Gasteiger partial charge in [-0.25, -0.2) is 4.98 Å². The average molecular weight is 293 g/mol. The standard InChI is InChI=1S/C13H17ClN6/c1-13(4-2-3-5-13)8-16-11-17-10(14)18-12(19-11)20-7-6-15-9-20/h6-7,9H,2-5,8H2,1H3,(H,16,17,18,19). The van der Waals surface area contributed by atoms with Crippen LogP contribution in [0.15, 0.2) is 18.7 Å². The molecule has 0 radical (unpaired) electrons. The molecule has 1 saturated carbocycles. The molecule has 0 bridgehead atoms. The summed E-state index contributed by atoms with van der Waals surface area (Å²) in [6.45, 7) is 3.16. The van der Waals surface area contributed by atoms with Crippen LogP contribution >= 0.6 is 11.6 Å². The molecule has 0 spiro atoms. The topological polar surface area (TPSA) is 68.5 Å². The molecular weight excluding hydrogens is 276 g/mol. The van der Waals surface area contributed by atoms with Gasteiger partial charge in [0.15, 0.2) is 0 Å². The van der Waals surface area contributed by atoms with Crippen LogP contribution in [-0.4, -0.2) is 31.0 Å². The number of anilines is 1. The predicted molar refractivity (Wildman–Crippen MR) is 77.0 cm³/mol. The van der Waals surface area contributed by atoms with E-state index in [9.17, 15) is 0 Å². The fourth-order valence-electron chi connectivity index (χ4n) is 2.61. The van der Waals surface area contributed by atoms with Gasteiger partial charge in [0.2, 0.25) is 17.2 Å². The summed E-state index contributed by atoms with van der Waals surface area (Å²) in [6.07, 6.45) is 10.2. The van der Waals surface area contributed by atoms with Gasteiger partial charge in [-0.15, -0.1) is 0 Å². The van der Waals surface area contributed by atoms with Gasteiger partial charge in [0, 0.05) is 18.9 Å². The Morgan fingerprint density at radius 1 is 1.30 bits per heavy atom. The predicted octanol–water partition coefficient (Wildman–Crippen LogP) is 2.70. The van der Waals surface area contributed by atoms with Crippen LogP contribution in [0.5, 0.6) is 0 Å². The summed E-state index contributed by atoms with van der Waals surface area (Å²) in [6, 6.07) is 0. The van der Waals surface area contributed by atoms with Gasteiger partial charge in [-0.1, -0.05) is 19.8 Å². The number of nitrogens with zero attached hydrogens (tertiary/aromatic N) is 5. The Kier molecular flexibility index (Phi) is 3.56. The largest absolute Gasteiger partial charge is 0.353 e. The molecule has 20 heavy (non-hydrogen) atoms. The van der Waals surface area contributed by atoms with Crippen LogP contribution in [0.2, 0.25) is 5.28 Å². The maximum Gasteiger partial charge on any atom is 0.241 e. The van der Waals surface area contributed by atoms with E-state index in [-0.39, 0.29) is 5.28 Å². The Labute approximate surface area is 122 Å². The van der Waals surface area contributed by atoms with Crippen molar-refractivity contribution in [2.24, 2.45) is 5.41 Å². The van der Waals surface area contributed by atoms with Gasteiger partial charge in [-0.2, -0.15) is 15.0 Å². The Morgan fingerprint density at radius 3 is 2.80 bits per heavy atom. The zero-order valence-corrected chi connectivity index (χ0v) is 12.1. The van der Waals surface area contributed by atoms with Gasteiger partial charge in [-0.3, -0.25) is 4.57 Å². The summed E-state index contributed by atoms with van der Waals surface area (Å²) in [5.41, 5.74) is 0.328. The van der Waals surface area contributed by atoms with Crippen LogP contribution < -0.4 is 5.32 Å². The summed E-state index contributed by atoms with van der Waals surface area (Å²) >= 11 is 5.96. The van der Waals surface area contributed by atoms with Crippen LogP contribution in [0.3, 0.4) is 0 Å². The summed E-state index contributed by atoms with van der Waals surface area (Å²) in [5.74, 6) is 0.989. The van der Waals surface area contributed by atoms with E-state index in [4.69, 9.17) is 11.6 Å². The summed E-state index contributed by atoms with van der Waals surface area (Å²) in [5, 5.41) is 3.47. The Hall–Kier alpha value is -1.69. The van der Waals surface area contributed by atoms with Crippen LogP contribution in [0.1, 0.15) is 32.6 Å². The first-order valence-electron chi connectivity index (χ1n) is 6.78. The van der Waals surface area contributed by atoms with E-state index in [1.807, 2.05) is 0 Å². The minimum absolute atomic E-state index is 0.183. The molecule has 1 N–H and O–H groups in total. The summed E-state index contributed by atoms with van der Waals surface area (Å²) in [4.78, 5) is 16.6. The van der Waals surface area contributed by atoms with E-state index in [1.54, 1.807) is 23.3 Å². The smallest absolute Gasteiger partial charge is 0.241 e. The molecular formula is C13H17ClN6. The summed E-state index contributed by atoms with van der Waals surface area (Å²) < 4.78 is 1.70. The molecule has 6 nitrogen and oxygen atoms in total. The first kappa shape index (κ1) is 13.3. The third kappa shape index (κ3) is 2.90. The highest BCUT2D eigenvalue weighted by atomic mass is 35.5. The minimum Gasteiger partial charge on any atom is -0.353 e. The molecule has 0 amide bonds. The van der Waals surface area contributed by atoms with Gasteiger partial charge in [0.1, 0.15) is 6.33 Å². The van der Waals surface area contributed by atoms with Gasteiger partial charge < -0.3 is 5.32 Å². The molecule has 7 heteroatoms. The minimum atomic E-state index is 0.183. The lowest BCUT2D eigenvalue weighted by Crippen LogP contribution is -2.24. The molecule has 1 aliphatic carbocycles. The molecule has 2 aromatic heterocycles. The van der Waals surface area contributed by atoms with Crippen molar-refractivity contribution in [2.45, 2.75) is 32.6 Å². The lowest BCUT2D eigenvalue weighted by Gasteiger charge is -2.23. The number of hydrogen-bond donors (Lipinski definition) is 1. The van der Waals surface area contributed by atoms with E-state index in [0.29, 0.717) is 17.3 Å². The molecule has 1 fully saturated rings. The molecule has 0 saturated heterocycles. The van der Waals surface area contributed by atoms with Gasteiger partial charge in [0.05, 0.1) is 0 Å². The highest BCUT2D eigenvalue weighted by Gasteiger charge is 2.28. The van der Waals surface area contributed by atoms with Crippen molar-refractivity contribution in [1.82, 2.24) is 24.5 Å². The summed E-state index contributed by atoms with van der Waals surface area (Å²) in [7, 11) is 0. The first-order valence-corrected chi connectivity index (χ1v) is 7.16. The Morgan fingerprint density at radius 2 is 2.10 bits per heavy atom. The van der Waals surface area contributed by atoms with Crippen LogP contribution in [0.25, 0.3) is 5.95 Å². The van der Waals surface area contributed by atoms with Crippen molar-refractivity contribution in [2.75, 3.05) is 11.9 Å². The number of halogens is 1. The zero-order valence-electron chi connectivity index (χ0n) is 11.4. The first-order chi connectivity index (χ1) is 9.65. The van der Waals surface area contributed by atoms with E-state index >= 15 is 0 Å². The normalized spacial score (nSPS) is 17.3. The molecule has 2 heterocycles. The second-order valence-electron chi connectivity index (χ2n) is 5.57. The number of aromatic nitrogens is 5. The average Bonchev–Trinajstić information content (AvgIpc) is 3.08. The van der Waals surface area contributed by atoms with Crippen LogP contribution in [0.4, 0.5) is 5.95 Å². The maximum atomic E-state index is 5.96. The highest BCUT2D eigenvalue weighted by Crippen LogP contribution is 2.37. The second kappa shape index (κ2) is 5.36. The number of rotatable bonds is 4. The molecule has 0 atom stereocenters. The van der Waals surface area contributed by atoms with Gasteiger partial charge >= 0.3 is 0 Å². The van der Waals surface area contributed by atoms with Crippen molar-refractivity contribution in [3.63, 3.8) is 0 Å². The lowest BCUT2D eigenvalue weighted by molar-refractivity contribution is 0.361. The van der Waals surface area contributed by atoms with Gasteiger partial charge in [0.25, 0.3) is 0 Å². The van der Waals surface area contributed by atoms with Crippen molar-refractivity contribution in [3.8, 4) is 5.95 Å². The fraction of sp³-hybridized carbons (Fsp3) is 0.538. The van der Waals surface area contributed by atoms with E-state index < -0.39 is 0 Å². The molecule has 1 aliphatic rings. The quantitative estimate of drug-likeness (QED) is 0.938.